The van der Waals surface area contributed by atoms with E-state index in [1.54, 1.807) is 18.4 Å². The smallest absolute Gasteiger partial charge is 0.143 e. The van der Waals surface area contributed by atoms with Crippen molar-refractivity contribution in [2.45, 2.75) is 13.8 Å². The molecule has 1 N–H and O–H groups in total. The summed E-state index contributed by atoms with van der Waals surface area (Å²) in [4.78, 5) is 10.3. The van der Waals surface area contributed by atoms with E-state index in [2.05, 4.69) is 62.8 Å². The predicted molar refractivity (Wildman–Crippen MR) is 116 cm³/mol. The predicted octanol–water partition coefficient (Wildman–Crippen LogP) is 6.49. The molecule has 136 valence electrons. The van der Waals surface area contributed by atoms with Crippen LogP contribution in [0.2, 0.25) is 0 Å². The Hall–Kier alpha value is -2.44. The summed E-state index contributed by atoms with van der Waals surface area (Å²) in [5.74, 6) is 2.42. The van der Waals surface area contributed by atoms with E-state index < -0.39 is 0 Å². The Labute approximate surface area is 170 Å². The van der Waals surface area contributed by atoms with E-state index in [9.17, 15) is 0 Å². The number of methoxy groups -OCH3 is 1. The molecule has 0 radical (unpaired) electrons. The third kappa shape index (κ3) is 3.55. The number of aryl methyl sites for hydroxylation is 2. The molecule has 2 aromatic carbocycles. The maximum Gasteiger partial charge on any atom is 0.143 e. The molecule has 0 saturated carbocycles. The van der Waals surface area contributed by atoms with Gasteiger partial charge in [0.1, 0.15) is 22.2 Å². The minimum absolute atomic E-state index is 0.753. The van der Waals surface area contributed by atoms with Gasteiger partial charge in [0.05, 0.1) is 12.5 Å². The number of anilines is 2. The van der Waals surface area contributed by atoms with Gasteiger partial charge in [-0.2, -0.15) is 0 Å². The molecule has 4 nitrogen and oxygen atoms in total. The molecule has 0 aliphatic rings. The summed E-state index contributed by atoms with van der Waals surface area (Å²) in [5.41, 5.74) is 4.42. The zero-order valence-corrected chi connectivity index (χ0v) is 17.6. The highest BCUT2D eigenvalue weighted by Crippen LogP contribution is 2.38. The van der Waals surface area contributed by atoms with Crippen LogP contribution in [0.1, 0.15) is 11.4 Å². The van der Waals surface area contributed by atoms with Crippen LogP contribution in [0.15, 0.2) is 52.3 Å². The highest BCUT2D eigenvalue weighted by molar-refractivity contribution is 9.10. The highest BCUT2D eigenvalue weighted by Gasteiger charge is 2.15. The first-order valence-electron chi connectivity index (χ1n) is 8.48. The second-order valence-corrected chi connectivity index (χ2v) is 8.04. The van der Waals surface area contributed by atoms with Crippen molar-refractivity contribution in [1.29, 1.82) is 0 Å². The van der Waals surface area contributed by atoms with E-state index in [-0.39, 0.29) is 0 Å². The van der Waals surface area contributed by atoms with E-state index in [1.165, 1.54) is 0 Å². The summed E-state index contributed by atoms with van der Waals surface area (Å²) >= 11 is 5.15. The molecule has 0 aliphatic heterocycles. The summed E-state index contributed by atoms with van der Waals surface area (Å²) < 4.78 is 6.34. The number of fused-ring (bicyclic) bond motifs is 1. The molecule has 4 aromatic rings. The number of thiophene rings is 1. The van der Waals surface area contributed by atoms with Crippen molar-refractivity contribution in [3.8, 4) is 16.9 Å². The normalized spacial score (nSPS) is 11.0. The van der Waals surface area contributed by atoms with Crippen molar-refractivity contribution in [3.63, 3.8) is 0 Å². The molecule has 0 spiro atoms. The molecule has 0 atom stereocenters. The summed E-state index contributed by atoms with van der Waals surface area (Å²) in [6.45, 7) is 4.00. The van der Waals surface area contributed by atoms with Gasteiger partial charge in [0, 0.05) is 21.1 Å². The lowest BCUT2D eigenvalue weighted by molar-refractivity contribution is 0.415. The number of hydrogen-bond acceptors (Lipinski definition) is 5. The Kier molecular flexibility index (Phi) is 4.85. The van der Waals surface area contributed by atoms with E-state index in [4.69, 9.17) is 9.72 Å². The Morgan fingerprint density at radius 1 is 1.04 bits per heavy atom. The van der Waals surface area contributed by atoms with Crippen LogP contribution < -0.4 is 10.1 Å². The molecule has 0 fully saturated rings. The molecule has 0 saturated heterocycles. The van der Waals surface area contributed by atoms with Crippen LogP contribution in [0, 0.1) is 13.8 Å². The molecular formula is C21H18BrN3OS. The standard InChI is InChI=1S/C21H18BrN3OS/c1-12-10-15(22)6-9-18(12)25-20-19-17(11-27-21(19)24-13(2)23-20)14-4-7-16(26-3)8-5-14/h4-11H,1-3H3,(H,23,24,25). The largest absolute Gasteiger partial charge is 0.497 e. The van der Waals surface area contributed by atoms with Crippen molar-refractivity contribution in [1.82, 2.24) is 9.97 Å². The molecule has 27 heavy (non-hydrogen) atoms. The summed E-state index contributed by atoms with van der Waals surface area (Å²) in [5, 5.41) is 6.69. The van der Waals surface area contributed by atoms with Crippen molar-refractivity contribution in [3.05, 3.63) is 63.7 Å². The molecule has 2 heterocycles. The Bertz CT molecular complexity index is 1120. The lowest BCUT2D eigenvalue weighted by Crippen LogP contribution is -1.99. The first-order valence-corrected chi connectivity index (χ1v) is 10.2. The maximum absolute atomic E-state index is 5.28. The molecule has 0 bridgehead atoms. The number of benzene rings is 2. The van der Waals surface area contributed by atoms with Crippen LogP contribution in [-0.2, 0) is 0 Å². The number of nitrogens with zero attached hydrogens (tertiary/aromatic N) is 2. The molecule has 6 heteroatoms. The lowest BCUT2D eigenvalue weighted by Gasteiger charge is -2.12. The Balaban J connectivity index is 1.85. The number of nitrogens with one attached hydrogen (secondary N) is 1. The van der Waals surface area contributed by atoms with Crippen molar-refractivity contribution >= 4 is 49.0 Å². The van der Waals surface area contributed by atoms with Crippen LogP contribution in [0.3, 0.4) is 0 Å². The van der Waals surface area contributed by atoms with Gasteiger partial charge in [-0.3, -0.25) is 0 Å². The first-order chi connectivity index (χ1) is 13.0. The maximum atomic E-state index is 5.28. The Morgan fingerprint density at radius 2 is 1.81 bits per heavy atom. The molecule has 0 aliphatic carbocycles. The van der Waals surface area contributed by atoms with Gasteiger partial charge in [-0.1, -0.05) is 28.1 Å². The van der Waals surface area contributed by atoms with Gasteiger partial charge in [-0.25, -0.2) is 9.97 Å². The second kappa shape index (κ2) is 7.29. The van der Waals surface area contributed by atoms with E-state index in [0.29, 0.717) is 0 Å². The second-order valence-electron chi connectivity index (χ2n) is 6.26. The van der Waals surface area contributed by atoms with Gasteiger partial charge in [0.15, 0.2) is 0 Å². The monoisotopic (exact) mass is 439 g/mol. The fourth-order valence-corrected chi connectivity index (χ4v) is 4.49. The lowest BCUT2D eigenvalue weighted by atomic mass is 10.1. The van der Waals surface area contributed by atoms with E-state index in [0.717, 1.165) is 54.5 Å². The van der Waals surface area contributed by atoms with Crippen molar-refractivity contribution in [2.75, 3.05) is 12.4 Å². The average Bonchev–Trinajstić information content (AvgIpc) is 3.08. The summed E-state index contributed by atoms with van der Waals surface area (Å²) in [7, 11) is 1.67. The van der Waals surface area contributed by atoms with Crippen LogP contribution in [-0.4, -0.2) is 17.1 Å². The molecular weight excluding hydrogens is 422 g/mol. The van der Waals surface area contributed by atoms with Gasteiger partial charge in [-0.05, 0) is 55.3 Å². The Morgan fingerprint density at radius 3 is 2.52 bits per heavy atom. The van der Waals surface area contributed by atoms with Crippen LogP contribution in [0.4, 0.5) is 11.5 Å². The number of aromatic nitrogens is 2. The zero-order valence-electron chi connectivity index (χ0n) is 15.2. The van der Waals surface area contributed by atoms with E-state index >= 15 is 0 Å². The van der Waals surface area contributed by atoms with Gasteiger partial charge in [0.2, 0.25) is 0 Å². The summed E-state index contributed by atoms with van der Waals surface area (Å²) in [6, 6.07) is 14.2. The van der Waals surface area contributed by atoms with Crippen LogP contribution in [0.25, 0.3) is 21.3 Å². The number of rotatable bonds is 4. The SMILES string of the molecule is COc1ccc(-c2csc3nc(C)nc(Nc4ccc(Br)cc4C)c23)cc1. The zero-order chi connectivity index (χ0) is 19.0. The molecule has 2 aromatic heterocycles. The molecule has 0 amide bonds. The molecule has 0 unspecified atom stereocenters. The van der Waals surface area contributed by atoms with Crippen molar-refractivity contribution < 1.29 is 4.74 Å². The van der Waals surface area contributed by atoms with Crippen LogP contribution >= 0.6 is 27.3 Å². The summed E-state index contributed by atoms with van der Waals surface area (Å²) in [6.07, 6.45) is 0. The highest BCUT2D eigenvalue weighted by atomic mass is 79.9. The van der Waals surface area contributed by atoms with Gasteiger partial charge >= 0.3 is 0 Å². The quantitative estimate of drug-likeness (QED) is 0.394. The first kappa shape index (κ1) is 17.9. The fraction of sp³-hybridized carbons (Fsp3) is 0.143. The number of ether oxygens (including phenoxy) is 1. The number of halogens is 1. The molecule has 4 rings (SSSR count). The minimum atomic E-state index is 0.753. The third-order valence-corrected chi connectivity index (χ3v) is 5.75. The van der Waals surface area contributed by atoms with Gasteiger partial charge in [-0.15, -0.1) is 11.3 Å². The number of hydrogen-bond donors (Lipinski definition) is 1. The average molecular weight is 440 g/mol. The van der Waals surface area contributed by atoms with Gasteiger partial charge in [0.25, 0.3) is 0 Å². The fourth-order valence-electron chi connectivity index (χ4n) is 3.02. The minimum Gasteiger partial charge on any atom is -0.497 e. The van der Waals surface area contributed by atoms with Crippen LogP contribution in [0.5, 0.6) is 5.75 Å². The van der Waals surface area contributed by atoms with E-state index in [1.807, 2.05) is 25.1 Å². The third-order valence-electron chi connectivity index (χ3n) is 4.39. The topological polar surface area (TPSA) is 47.0 Å². The van der Waals surface area contributed by atoms with Crippen molar-refractivity contribution in [2.24, 2.45) is 0 Å². The van der Waals surface area contributed by atoms with Gasteiger partial charge < -0.3 is 10.1 Å².